The predicted octanol–water partition coefficient (Wildman–Crippen LogP) is 2.13. The first-order valence-corrected chi connectivity index (χ1v) is 6.44. The highest BCUT2D eigenvalue weighted by Crippen LogP contribution is 2.17. The van der Waals surface area contributed by atoms with Gasteiger partial charge in [0.15, 0.2) is 0 Å². The van der Waals surface area contributed by atoms with Gasteiger partial charge in [0.1, 0.15) is 11.6 Å². The van der Waals surface area contributed by atoms with Crippen LogP contribution in [0, 0.1) is 5.82 Å². The van der Waals surface area contributed by atoms with E-state index in [-0.39, 0.29) is 11.7 Å². The number of ether oxygens (including phenoxy) is 2. The minimum atomic E-state index is -0.575. The van der Waals surface area contributed by atoms with Crippen molar-refractivity contribution >= 4 is 5.91 Å². The van der Waals surface area contributed by atoms with E-state index in [1.165, 1.54) is 19.2 Å². The van der Waals surface area contributed by atoms with Crippen LogP contribution in [0.5, 0.6) is 5.75 Å². The molecule has 1 atom stereocenters. The summed E-state index contributed by atoms with van der Waals surface area (Å²) < 4.78 is 24.0. The van der Waals surface area contributed by atoms with Gasteiger partial charge in [-0.15, -0.1) is 0 Å². The predicted molar refractivity (Wildman–Crippen MR) is 68.9 cm³/mol. The molecule has 0 spiro atoms. The molecule has 1 heterocycles. The molecule has 2 rings (SSSR count). The van der Waals surface area contributed by atoms with Gasteiger partial charge in [-0.1, -0.05) is 0 Å². The van der Waals surface area contributed by atoms with Crippen molar-refractivity contribution in [1.82, 2.24) is 5.32 Å². The lowest BCUT2D eigenvalue weighted by molar-refractivity contribution is 0.0904. The zero-order chi connectivity index (χ0) is 13.7. The molecule has 0 bridgehead atoms. The number of carbonyl (C=O) groups excluding carboxylic acids is 1. The molecular formula is C14H18FNO3. The van der Waals surface area contributed by atoms with Crippen LogP contribution in [-0.2, 0) is 4.74 Å². The third-order valence-corrected chi connectivity index (χ3v) is 3.20. The minimum absolute atomic E-state index is 0.0353. The summed E-state index contributed by atoms with van der Waals surface area (Å²) in [7, 11) is 1.45. The van der Waals surface area contributed by atoms with Crippen molar-refractivity contribution in [3.8, 4) is 5.75 Å². The smallest absolute Gasteiger partial charge is 0.254 e. The van der Waals surface area contributed by atoms with E-state index in [0.29, 0.717) is 12.3 Å². The highest BCUT2D eigenvalue weighted by molar-refractivity contribution is 5.94. The summed E-state index contributed by atoms with van der Waals surface area (Å²) in [5.41, 5.74) is 0.0353. The van der Waals surface area contributed by atoms with Crippen LogP contribution < -0.4 is 10.1 Å². The molecule has 1 aliphatic rings. The molecule has 5 heteroatoms. The van der Waals surface area contributed by atoms with Gasteiger partial charge < -0.3 is 14.8 Å². The highest BCUT2D eigenvalue weighted by Gasteiger charge is 2.16. The fourth-order valence-electron chi connectivity index (χ4n) is 2.12. The largest absolute Gasteiger partial charge is 0.497 e. The van der Waals surface area contributed by atoms with Gasteiger partial charge >= 0.3 is 0 Å². The van der Waals surface area contributed by atoms with E-state index < -0.39 is 11.7 Å². The molecule has 1 aromatic carbocycles. The van der Waals surface area contributed by atoms with Gasteiger partial charge in [0.25, 0.3) is 5.91 Å². The number of methoxy groups -OCH3 is 1. The number of hydrogen-bond donors (Lipinski definition) is 1. The van der Waals surface area contributed by atoms with Crippen LogP contribution in [0.1, 0.15) is 29.6 Å². The Hall–Kier alpha value is -1.62. The van der Waals surface area contributed by atoms with E-state index in [1.807, 2.05) is 0 Å². The van der Waals surface area contributed by atoms with E-state index in [9.17, 15) is 9.18 Å². The van der Waals surface area contributed by atoms with Crippen LogP contribution in [0.25, 0.3) is 0 Å². The van der Waals surface area contributed by atoms with E-state index >= 15 is 0 Å². The lowest BCUT2D eigenvalue weighted by Crippen LogP contribution is -2.27. The van der Waals surface area contributed by atoms with Gasteiger partial charge in [0.2, 0.25) is 0 Å². The molecule has 4 nitrogen and oxygen atoms in total. The van der Waals surface area contributed by atoms with Gasteiger partial charge in [-0.3, -0.25) is 4.79 Å². The fraction of sp³-hybridized carbons (Fsp3) is 0.500. The lowest BCUT2D eigenvalue weighted by atomic mass is 10.1. The van der Waals surface area contributed by atoms with Crippen molar-refractivity contribution in [2.45, 2.75) is 25.4 Å². The molecule has 1 amide bonds. The Morgan fingerprint density at radius 2 is 2.42 bits per heavy atom. The topological polar surface area (TPSA) is 47.6 Å². The third-order valence-electron chi connectivity index (χ3n) is 3.20. The Bertz CT molecular complexity index is 444. The van der Waals surface area contributed by atoms with E-state index in [2.05, 4.69) is 5.32 Å². The molecule has 1 fully saturated rings. The first kappa shape index (κ1) is 13.8. The maximum Gasteiger partial charge on any atom is 0.254 e. The lowest BCUT2D eigenvalue weighted by Gasteiger charge is -2.10. The van der Waals surface area contributed by atoms with E-state index in [0.717, 1.165) is 25.9 Å². The Morgan fingerprint density at radius 3 is 3.05 bits per heavy atom. The Labute approximate surface area is 111 Å². The van der Waals surface area contributed by atoms with Crippen LogP contribution >= 0.6 is 0 Å². The molecule has 1 aromatic rings. The molecule has 0 aliphatic carbocycles. The first-order chi connectivity index (χ1) is 9.20. The Morgan fingerprint density at radius 1 is 1.58 bits per heavy atom. The van der Waals surface area contributed by atoms with Crippen molar-refractivity contribution in [2.75, 3.05) is 20.3 Å². The van der Waals surface area contributed by atoms with Gasteiger partial charge in [0.05, 0.1) is 18.8 Å². The second-order valence-electron chi connectivity index (χ2n) is 4.53. The van der Waals surface area contributed by atoms with Gasteiger partial charge in [-0.2, -0.15) is 0 Å². The van der Waals surface area contributed by atoms with Crippen LogP contribution in [0.3, 0.4) is 0 Å². The molecule has 19 heavy (non-hydrogen) atoms. The molecule has 1 N–H and O–H groups in total. The normalized spacial score (nSPS) is 18.3. The van der Waals surface area contributed by atoms with Gasteiger partial charge in [-0.05, 0) is 31.4 Å². The first-order valence-electron chi connectivity index (χ1n) is 6.44. The van der Waals surface area contributed by atoms with Crippen molar-refractivity contribution in [3.63, 3.8) is 0 Å². The SMILES string of the molecule is COc1ccc(C(=O)NCCC2CCCO2)c(F)c1. The number of halogens is 1. The summed E-state index contributed by atoms with van der Waals surface area (Å²) in [6.07, 6.45) is 3.10. The van der Waals surface area contributed by atoms with E-state index in [4.69, 9.17) is 9.47 Å². The standard InChI is InChI=1S/C14H18FNO3/c1-18-11-4-5-12(13(15)9-11)14(17)16-7-6-10-3-2-8-19-10/h4-5,9-10H,2-3,6-8H2,1H3,(H,16,17). The number of hydrogen-bond acceptors (Lipinski definition) is 3. The van der Waals surface area contributed by atoms with Gasteiger partial charge in [0, 0.05) is 19.2 Å². The zero-order valence-corrected chi connectivity index (χ0v) is 10.9. The quantitative estimate of drug-likeness (QED) is 0.889. The number of carbonyl (C=O) groups is 1. The molecule has 0 radical (unpaired) electrons. The molecule has 0 aromatic heterocycles. The number of benzene rings is 1. The van der Waals surface area contributed by atoms with Crippen LogP contribution in [-0.4, -0.2) is 32.3 Å². The monoisotopic (exact) mass is 267 g/mol. The van der Waals surface area contributed by atoms with Crippen LogP contribution in [0.15, 0.2) is 18.2 Å². The summed E-state index contributed by atoms with van der Waals surface area (Å²) in [4.78, 5) is 11.8. The summed E-state index contributed by atoms with van der Waals surface area (Å²) >= 11 is 0. The maximum absolute atomic E-state index is 13.7. The zero-order valence-electron chi connectivity index (χ0n) is 10.9. The molecular weight excluding hydrogens is 249 g/mol. The van der Waals surface area contributed by atoms with E-state index in [1.54, 1.807) is 6.07 Å². The highest BCUT2D eigenvalue weighted by atomic mass is 19.1. The minimum Gasteiger partial charge on any atom is -0.497 e. The van der Waals surface area contributed by atoms with Crippen LogP contribution in [0.2, 0.25) is 0 Å². The second kappa shape index (κ2) is 6.52. The summed E-state index contributed by atoms with van der Waals surface area (Å²) in [5.74, 6) is -0.583. The molecule has 1 saturated heterocycles. The van der Waals surface area contributed by atoms with Crippen molar-refractivity contribution < 1.29 is 18.7 Å². The number of amides is 1. The average Bonchev–Trinajstić information content (AvgIpc) is 2.91. The molecule has 1 aliphatic heterocycles. The fourth-order valence-corrected chi connectivity index (χ4v) is 2.12. The summed E-state index contributed by atoms with van der Waals surface area (Å²) in [5, 5.41) is 2.70. The Balaban J connectivity index is 1.85. The molecule has 0 saturated carbocycles. The molecule has 1 unspecified atom stereocenters. The van der Waals surface area contributed by atoms with Crippen molar-refractivity contribution in [2.24, 2.45) is 0 Å². The van der Waals surface area contributed by atoms with Crippen molar-refractivity contribution in [1.29, 1.82) is 0 Å². The molecule has 104 valence electrons. The summed E-state index contributed by atoms with van der Waals surface area (Å²) in [6, 6.07) is 4.20. The third kappa shape index (κ3) is 3.67. The van der Waals surface area contributed by atoms with Crippen LogP contribution in [0.4, 0.5) is 4.39 Å². The summed E-state index contributed by atoms with van der Waals surface area (Å²) in [6.45, 7) is 1.29. The Kier molecular flexibility index (Phi) is 4.74. The second-order valence-corrected chi connectivity index (χ2v) is 4.53. The maximum atomic E-state index is 13.7. The van der Waals surface area contributed by atoms with Gasteiger partial charge in [-0.25, -0.2) is 4.39 Å². The average molecular weight is 267 g/mol. The number of nitrogens with one attached hydrogen (secondary N) is 1. The van der Waals surface area contributed by atoms with Crippen molar-refractivity contribution in [3.05, 3.63) is 29.6 Å². The number of rotatable bonds is 5.